The van der Waals surface area contributed by atoms with Crippen LogP contribution in [0.4, 0.5) is 0 Å². The summed E-state index contributed by atoms with van der Waals surface area (Å²) in [6.45, 7) is 5.60. The molecule has 0 N–H and O–H groups in total. The molecule has 1 rings (SSSR count). The van der Waals surface area contributed by atoms with E-state index in [1.807, 2.05) is 13.0 Å². The zero-order chi connectivity index (χ0) is 9.84. The van der Waals surface area contributed by atoms with Crippen LogP contribution in [0.2, 0.25) is 0 Å². The van der Waals surface area contributed by atoms with Gasteiger partial charge in [0.15, 0.2) is 0 Å². The Hall–Kier alpha value is -1.75. The molecule has 13 heavy (non-hydrogen) atoms. The van der Waals surface area contributed by atoms with Crippen LogP contribution in [-0.2, 0) is 0 Å². The highest BCUT2D eigenvalue weighted by Crippen LogP contribution is 2.26. The van der Waals surface area contributed by atoms with Gasteiger partial charge in [-0.05, 0) is 24.1 Å². The van der Waals surface area contributed by atoms with Gasteiger partial charge < -0.3 is 4.74 Å². The van der Waals surface area contributed by atoms with E-state index in [1.54, 1.807) is 19.3 Å². The van der Waals surface area contributed by atoms with E-state index in [2.05, 4.69) is 12.6 Å². The summed E-state index contributed by atoms with van der Waals surface area (Å²) in [5, 5.41) is 8.78. The third kappa shape index (κ3) is 1.54. The normalized spacial score (nSPS) is 9.00. The molecular formula is C11H11NO. The average molecular weight is 173 g/mol. The van der Waals surface area contributed by atoms with Gasteiger partial charge in [-0.25, -0.2) is 0 Å². The van der Waals surface area contributed by atoms with Crippen molar-refractivity contribution in [3.05, 3.63) is 35.4 Å². The zero-order valence-electron chi connectivity index (χ0n) is 7.79. The minimum Gasteiger partial charge on any atom is -0.495 e. The summed E-state index contributed by atoms with van der Waals surface area (Å²) in [5.41, 5.74) is 2.51. The molecule has 0 unspecified atom stereocenters. The maximum atomic E-state index is 8.78. The zero-order valence-corrected chi connectivity index (χ0v) is 7.79. The highest BCUT2D eigenvalue weighted by Gasteiger charge is 2.07. The molecular weight excluding hydrogens is 162 g/mol. The second-order valence-corrected chi connectivity index (χ2v) is 2.68. The van der Waals surface area contributed by atoms with Crippen LogP contribution in [0.25, 0.3) is 6.08 Å². The first-order valence-corrected chi connectivity index (χ1v) is 3.94. The predicted octanol–water partition coefficient (Wildman–Crippen LogP) is 2.52. The van der Waals surface area contributed by atoms with Crippen LogP contribution in [-0.4, -0.2) is 7.11 Å². The molecule has 2 nitrogen and oxygen atoms in total. The molecule has 1 aromatic carbocycles. The molecule has 0 aliphatic rings. The Bertz CT molecular complexity index is 374. The Morgan fingerprint density at radius 2 is 2.23 bits per heavy atom. The van der Waals surface area contributed by atoms with E-state index in [0.717, 1.165) is 11.1 Å². The number of ether oxygens (including phenoxy) is 1. The van der Waals surface area contributed by atoms with Crippen molar-refractivity contribution < 1.29 is 4.74 Å². The van der Waals surface area contributed by atoms with Gasteiger partial charge in [-0.1, -0.05) is 18.7 Å². The first kappa shape index (κ1) is 9.34. The number of benzene rings is 1. The van der Waals surface area contributed by atoms with Crippen molar-refractivity contribution in [2.45, 2.75) is 6.92 Å². The van der Waals surface area contributed by atoms with Gasteiger partial charge in [0, 0.05) is 0 Å². The number of rotatable bonds is 2. The Kier molecular flexibility index (Phi) is 2.71. The van der Waals surface area contributed by atoms with Crippen LogP contribution >= 0.6 is 0 Å². The Morgan fingerprint density at radius 1 is 1.54 bits per heavy atom. The predicted molar refractivity (Wildman–Crippen MR) is 52.5 cm³/mol. The van der Waals surface area contributed by atoms with Crippen molar-refractivity contribution in [3.8, 4) is 11.8 Å². The summed E-state index contributed by atoms with van der Waals surface area (Å²) >= 11 is 0. The lowest BCUT2D eigenvalue weighted by molar-refractivity contribution is 0.410. The Balaban J connectivity index is 3.42. The highest BCUT2D eigenvalue weighted by molar-refractivity contribution is 5.60. The van der Waals surface area contributed by atoms with Crippen LogP contribution in [0.15, 0.2) is 18.7 Å². The number of nitrogens with zero attached hydrogens (tertiary/aromatic N) is 1. The molecule has 0 aromatic heterocycles. The van der Waals surface area contributed by atoms with Crippen molar-refractivity contribution in [1.82, 2.24) is 0 Å². The van der Waals surface area contributed by atoms with Crippen molar-refractivity contribution >= 4 is 6.08 Å². The molecule has 2 heteroatoms. The summed E-state index contributed by atoms with van der Waals surface area (Å²) in [6.07, 6.45) is 1.75. The second kappa shape index (κ2) is 3.77. The van der Waals surface area contributed by atoms with Crippen molar-refractivity contribution in [2.24, 2.45) is 0 Å². The lowest BCUT2D eigenvalue weighted by Crippen LogP contribution is -1.93. The van der Waals surface area contributed by atoms with E-state index in [-0.39, 0.29) is 0 Å². The van der Waals surface area contributed by atoms with Crippen molar-refractivity contribution in [1.29, 1.82) is 5.26 Å². The minimum absolute atomic E-state index is 0.561. The largest absolute Gasteiger partial charge is 0.495 e. The fourth-order valence-corrected chi connectivity index (χ4v) is 1.28. The van der Waals surface area contributed by atoms with Crippen LogP contribution in [0, 0.1) is 18.3 Å². The number of hydrogen-bond acceptors (Lipinski definition) is 2. The average Bonchev–Trinajstić information content (AvgIpc) is 2.17. The SMILES string of the molecule is C=Cc1ccc(C#N)c(OC)c1C. The molecule has 0 atom stereocenters. The van der Waals surface area contributed by atoms with Crippen LogP contribution in [0.5, 0.6) is 5.75 Å². The fraction of sp³-hybridized carbons (Fsp3) is 0.182. The van der Waals surface area contributed by atoms with E-state index in [0.29, 0.717) is 11.3 Å². The van der Waals surface area contributed by atoms with Gasteiger partial charge in [0.2, 0.25) is 0 Å². The van der Waals surface area contributed by atoms with Gasteiger partial charge >= 0.3 is 0 Å². The molecule has 0 saturated heterocycles. The van der Waals surface area contributed by atoms with Gasteiger partial charge in [-0.3, -0.25) is 0 Å². The minimum atomic E-state index is 0.561. The first-order chi connectivity index (χ1) is 6.24. The lowest BCUT2D eigenvalue weighted by Gasteiger charge is -2.08. The van der Waals surface area contributed by atoms with E-state index in [4.69, 9.17) is 10.00 Å². The summed E-state index contributed by atoms with van der Waals surface area (Å²) in [6, 6.07) is 5.68. The maximum absolute atomic E-state index is 8.78. The van der Waals surface area contributed by atoms with Crippen LogP contribution in [0.3, 0.4) is 0 Å². The summed E-state index contributed by atoms with van der Waals surface area (Å²) < 4.78 is 5.14. The molecule has 0 amide bonds. The van der Waals surface area contributed by atoms with Crippen LogP contribution in [0.1, 0.15) is 16.7 Å². The molecule has 0 spiro atoms. The van der Waals surface area contributed by atoms with Gasteiger partial charge in [0.05, 0.1) is 12.7 Å². The van der Waals surface area contributed by atoms with E-state index >= 15 is 0 Å². The third-order valence-corrected chi connectivity index (χ3v) is 1.99. The standard InChI is InChI=1S/C11H11NO/c1-4-9-5-6-10(7-12)11(13-3)8(9)2/h4-6H,1H2,2-3H3. The first-order valence-electron chi connectivity index (χ1n) is 3.94. The Labute approximate surface area is 78.1 Å². The lowest BCUT2D eigenvalue weighted by atomic mass is 10.0. The topological polar surface area (TPSA) is 33.0 Å². The van der Waals surface area contributed by atoms with Gasteiger partial charge in [0.25, 0.3) is 0 Å². The van der Waals surface area contributed by atoms with Crippen LogP contribution < -0.4 is 4.74 Å². The van der Waals surface area contributed by atoms with Gasteiger partial charge in [-0.15, -0.1) is 0 Å². The monoisotopic (exact) mass is 173 g/mol. The molecule has 1 aromatic rings. The number of hydrogen-bond donors (Lipinski definition) is 0. The molecule has 0 aliphatic heterocycles. The molecule has 0 heterocycles. The van der Waals surface area contributed by atoms with E-state index < -0.39 is 0 Å². The summed E-state index contributed by atoms with van der Waals surface area (Å²) in [4.78, 5) is 0. The molecule has 66 valence electrons. The second-order valence-electron chi connectivity index (χ2n) is 2.68. The summed E-state index contributed by atoms with van der Waals surface area (Å²) in [5.74, 6) is 0.639. The molecule has 0 radical (unpaired) electrons. The highest BCUT2D eigenvalue weighted by atomic mass is 16.5. The fourth-order valence-electron chi connectivity index (χ4n) is 1.28. The number of nitriles is 1. The molecule has 0 bridgehead atoms. The van der Waals surface area contributed by atoms with E-state index in [9.17, 15) is 0 Å². The molecule has 0 aliphatic carbocycles. The van der Waals surface area contributed by atoms with Gasteiger partial charge in [0.1, 0.15) is 11.8 Å². The molecule has 0 fully saturated rings. The van der Waals surface area contributed by atoms with Crippen molar-refractivity contribution in [2.75, 3.05) is 7.11 Å². The van der Waals surface area contributed by atoms with Gasteiger partial charge in [-0.2, -0.15) is 5.26 Å². The maximum Gasteiger partial charge on any atom is 0.140 e. The number of methoxy groups -OCH3 is 1. The quantitative estimate of drug-likeness (QED) is 0.688. The Morgan fingerprint density at radius 3 is 2.69 bits per heavy atom. The molecule has 0 saturated carbocycles. The third-order valence-electron chi connectivity index (χ3n) is 1.99. The van der Waals surface area contributed by atoms with Crippen molar-refractivity contribution in [3.63, 3.8) is 0 Å². The smallest absolute Gasteiger partial charge is 0.140 e. The van der Waals surface area contributed by atoms with E-state index in [1.165, 1.54) is 0 Å². The summed E-state index contributed by atoms with van der Waals surface area (Å²) in [7, 11) is 1.57.